The molecule has 0 saturated carbocycles. The molecular weight excluding hydrogens is 683 g/mol. The number of aromatic nitrogens is 6. The van der Waals surface area contributed by atoms with Crippen LogP contribution in [0, 0.1) is 0 Å². The van der Waals surface area contributed by atoms with Crippen LogP contribution < -0.4 is 11.1 Å². The molecule has 8 rings (SSSR count). The standard InChI is InChI=1S/C18H17ClN4O.C11H12N2O.C7H6Cl2N2/c19-18-22-15-8-4-7-14(15)17(23-18)20-10-16-21-13(11-24-16)9-12-5-2-1-3-6-12;12-7-11-13-10(8-14-11)6-9-4-2-1-3-5-9;8-6-4-2-1-3-5(4)10-7(9)11-6/h1-3,5-6,11H,4,7-10H2,(H,20,22,23);1-5,8H,6-7,12H2;1-3H2. The van der Waals surface area contributed by atoms with E-state index >= 15 is 0 Å². The topological polar surface area (TPSA) is 142 Å². The first-order valence-corrected chi connectivity index (χ1v) is 17.2. The molecule has 0 spiro atoms. The molecule has 4 aromatic heterocycles. The van der Waals surface area contributed by atoms with Crippen LogP contribution in [0.1, 0.15) is 69.7 Å². The molecule has 0 atom stereocenters. The maximum absolute atomic E-state index is 6.00. The van der Waals surface area contributed by atoms with Crippen molar-refractivity contribution >= 4 is 40.6 Å². The van der Waals surface area contributed by atoms with E-state index in [1.165, 1.54) is 11.1 Å². The van der Waals surface area contributed by atoms with Gasteiger partial charge in [0.15, 0.2) is 0 Å². The summed E-state index contributed by atoms with van der Waals surface area (Å²) in [6.45, 7) is 0.837. The van der Waals surface area contributed by atoms with E-state index in [1.807, 2.05) is 36.4 Å². The molecule has 4 heterocycles. The van der Waals surface area contributed by atoms with Crippen LogP contribution in [0.2, 0.25) is 15.7 Å². The number of nitrogens with two attached hydrogens (primary N) is 1. The number of benzene rings is 2. The van der Waals surface area contributed by atoms with Crippen molar-refractivity contribution in [2.75, 3.05) is 5.32 Å². The molecule has 2 aliphatic rings. The van der Waals surface area contributed by atoms with Crippen molar-refractivity contribution in [3.05, 3.63) is 146 Å². The summed E-state index contributed by atoms with van der Waals surface area (Å²) in [4.78, 5) is 25.3. The van der Waals surface area contributed by atoms with Gasteiger partial charge in [0, 0.05) is 24.0 Å². The summed E-state index contributed by atoms with van der Waals surface area (Å²) in [7, 11) is 0. The van der Waals surface area contributed by atoms with Gasteiger partial charge in [0.25, 0.3) is 0 Å². The largest absolute Gasteiger partial charge is 0.447 e. The molecule has 0 unspecified atom stereocenters. The summed E-state index contributed by atoms with van der Waals surface area (Å²) in [6.07, 6.45) is 11.1. The molecule has 49 heavy (non-hydrogen) atoms. The Hall–Kier alpha value is -4.35. The Kier molecular flexibility index (Phi) is 11.9. The smallest absolute Gasteiger partial charge is 0.224 e. The van der Waals surface area contributed by atoms with Crippen LogP contribution in [0.4, 0.5) is 5.82 Å². The molecule has 0 aliphatic heterocycles. The van der Waals surface area contributed by atoms with E-state index in [1.54, 1.807) is 12.5 Å². The van der Waals surface area contributed by atoms with Gasteiger partial charge in [-0.15, -0.1) is 0 Å². The van der Waals surface area contributed by atoms with E-state index in [0.29, 0.717) is 30.0 Å². The number of rotatable bonds is 8. The number of fused-ring (bicyclic) bond motifs is 2. The highest BCUT2D eigenvalue weighted by molar-refractivity contribution is 6.32. The fourth-order valence-electron chi connectivity index (χ4n) is 5.71. The van der Waals surface area contributed by atoms with Crippen LogP contribution in [0.15, 0.2) is 82.0 Å². The van der Waals surface area contributed by atoms with Crippen LogP contribution in [0.5, 0.6) is 0 Å². The quantitative estimate of drug-likeness (QED) is 0.118. The second-order valence-electron chi connectivity index (χ2n) is 11.5. The summed E-state index contributed by atoms with van der Waals surface area (Å²) in [6, 6.07) is 20.4. The summed E-state index contributed by atoms with van der Waals surface area (Å²) in [5.74, 6) is 2.03. The summed E-state index contributed by atoms with van der Waals surface area (Å²) >= 11 is 17.5. The van der Waals surface area contributed by atoms with Crippen molar-refractivity contribution in [2.24, 2.45) is 5.73 Å². The Bertz CT molecular complexity index is 1970. The number of nitrogens with one attached hydrogen (secondary N) is 1. The van der Waals surface area contributed by atoms with Crippen LogP contribution in [0.3, 0.4) is 0 Å². The predicted molar refractivity (Wildman–Crippen MR) is 190 cm³/mol. The molecule has 0 radical (unpaired) electrons. The molecule has 2 aromatic carbocycles. The molecule has 0 amide bonds. The molecule has 3 N–H and O–H groups in total. The zero-order valence-corrected chi connectivity index (χ0v) is 29.0. The third-order valence-corrected chi connectivity index (χ3v) is 8.65. The van der Waals surface area contributed by atoms with Crippen LogP contribution >= 0.6 is 34.8 Å². The number of nitrogens with zero attached hydrogens (tertiary/aromatic N) is 6. The molecule has 13 heteroatoms. The second-order valence-corrected chi connectivity index (χ2v) is 12.6. The van der Waals surface area contributed by atoms with E-state index in [-0.39, 0.29) is 10.6 Å². The number of hydrogen-bond acceptors (Lipinski definition) is 10. The van der Waals surface area contributed by atoms with E-state index in [4.69, 9.17) is 49.4 Å². The van der Waals surface area contributed by atoms with Crippen molar-refractivity contribution in [1.29, 1.82) is 0 Å². The highest BCUT2D eigenvalue weighted by atomic mass is 35.5. The molecule has 0 bridgehead atoms. The lowest BCUT2D eigenvalue weighted by Crippen LogP contribution is -2.06. The van der Waals surface area contributed by atoms with Gasteiger partial charge >= 0.3 is 0 Å². The lowest BCUT2D eigenvalue weighted by Gasteiger charge is -2.08. The molecule has 0 saturated heterocycles. The predicted octanol–water partition coefficient (Wildman–Crippen LogP) is 7.81. The first-order valence-electron chi connectivity index (χ1n) is 16.1. The number of oxazole rings is 2. The van der Waals surface area contributed by atoms with Gasteiger partial charge in [-0.05, 0) is 72.9 Å². The van der Waals surface area contributed by atoms with Crippen molar-refractivity contribution in [3.63, 3.8) is 0 Å². The molecular formula is C36H35Cl3N8O2. The zero-order chi connectivity index (χ0) is 34.0. The summed E-state index contributed by atoms with van der Waals surface area (Å²) < 4.78 is 10.7. The number of aryl methyl sites for hydroxylation is 2. The van der Waals surface area contributed by atoms with Crippen LogP contribution in [-0.4, -0.2) is 29.9 Å². The Morgan fingerprint density at radius 2 is 1.14 bits per heavy atom. The lowest BCUT2D eigenvalue weighted by atomic mass is 10.1. The zero-order valence-electron chi connectivity index (χ0n) is 26.7. The fraction of sp³-hybridized carbons (Fsp3) is 0.278. The van der Waals surface area contributed by atoms with Gasteiger partial charge in [0.2, 0.25) is 22.3 Å². The molecule has 0 fully saturated rings. The molecule has 6 aromatic rings. The third kappa shape index (κ3) is 9.64. The average Bonchev–Trinajstić information content (AvgIpc) is 3.93. The maximum atomic E-state index is 6.00. The van der Waals surface area contributed by atoms with Gasteiger partial charge in [0.1, 0.15) is 23.5 Å². The van der Waals surface area contributed by atoms with Gasteiger partial charge in [0.05, 0.1) is 35.9 Å². The Morgan fingerprint density at radius 1 is 0.612 bits per heavy atom. The number of anilines is 1. The van der Waals surface area contributed by atoms with Gasteiger partial charge < -0.3 is 19.9 Å². The van der Waals surface area contributed by atoms with Crippen molar-refractivity contribution < 1.29 is 8.83 Å². The van der Waals surface area contributed by atoms with Gasteiger partial charge in [-0.2, -0.15) is 0 Å². The highest BCUT2D eigenvalue weighted by Crippen LogP contribution is 2.28. The molecule has 10 nitrogen and oxygen atoms in total. The monoisotopic (exact) mass is 716 g/mol. The van der Waals surface area contributed by atoms with E-state index in [0.717, 1.165) is 91.1 Å². The second kappa shape index (κ2) is 16.8. The van der Waals surface area contributed by atoms with Crippen LogP contribution in [-0.2, 0) is 51.6 Å². The SMILES string of the molecule is Clc1nc(Cl)c2c(n1)CCC2.Clc1nc2c(c(NCc3nc(Cc4ccccc4)co3)n1)CCC2.NCc1nc(Cc2ccccc2)co1. The molecule has 252 valence electrons. The van der Waals surface area contributed by atoms with Gasteiger partial charge in [-0.25, -0.2) is 29.9 Å². The van der Waals surface area contributed by atoms with E-state index in [9.17, 15) is 0 Å². The maximum Gasteiger partial charge on any atom is 0.224 e. The Labute approximate surface area is 299 Å². The van der Waals surface area contributed by atoms with Gasteiger partial charge in [-0.3, -0.25) is 0 Å². The van der Waals surface area contributed by atoms with Crippen molar-refractivity contribution in [1.82, 2.24) is 29.9 Å². The Morgan fingerprint density at radius 3 is 1.73 bits per heavy atom. The first kappa shape index (κ1) is 34.5. The minimum Gasteiger partial charge on any atom is -0.447 e. The highest BCUT2D eigenvalue weighted by Gasteiger charge is 2.19. The van der Waals surface area contributed by atoms with Crippen LogP contribution in [0.25, 0.3) is 0 Å². The van der Waals surface area contributed by atoms with E-state index < -0.39 is 0 Å². The molecule has 2 aliphatic carbocycles. The van der Waals surface area contributed by atoms with Crippen molar-refractivity contribution in [3.8, 4) is 0 Å². The summed E-state index contributed by atoms with van der Waals surface area (Å²) in [5.41, 5.74) is 14.0. The fourth-order valence-corrected chi connectivity index (χ4v) is 6.41. The van der Waals surface area contributed by atoms with Crippen molar-refractivity contribution in [2.45, 2.75) is 64.5 Å². The van der Waals surface area contributed by atoms with Gasteiger partial charge in [-0.1, -0.05) is 72.3 Å². The Balaban J connectivity index is 0.000000141. The lowest BCUT2D eigenvalue weighted by molar-refractivity contribution is 0.497. The minimum absolute atomic E-state index is 0.260. The number of halogens is 3. The first-order chi connectivity index (χ1) is 23.9. The normalized spacial score (nSPS) is 12.7. The number of hydrogen-bond donors (Lipinski definition) is 2. The average molecular weight is 718 g/mol. The summed E-state index contributed by atoms with van der Waals surface area (Å²) in [5, 5.41) is 4.36. The van der Waals surface area contributed by atoms with E-state index in [2.05, 4.69) is 59.5 Å². The third-order valence-electron chi connectivity index (χ3n) is 8.00. The minimum atomic E-state index is 0.260.